The third-order valence-corrected chi connectivity index (χ3v) is 0.331. The van der Waals surface area contributed by atoms with Crippen molar-refractivity contribution in [3.63, 3.8) is 0 Å². The molecule has 1 aromatic heterocycles. The first-order valence-electron chi connectivity index (χ1n) is 1.44. The number of rotatable bonds is 0. The van der Waals surface area contributed by atoms with Gasteiger partial charge in [0.25, 0.3) is 0 Å². The van der Waals surface area contributed by atoms with Crippen LogP contribution in [0.5, 0.6) is 0 Å². The number of nitrogens with zero attached hydrogens (tertiary/aromatic N) is 2. The normalized spacial score (nSPS) is 6.57. The molecule has 0 unspecified atom stereocenters. The predicted octanol–water partition coefficient (Wildman–Crippen LogP) is 1.50. The molecule has 0 radical (unpaired) electrons. The smallest absolute Gasteiger partial charge is 0.0690 e. The van der Waals surface area contributed by atoms with Crippen LogP contribution in [0.3, 0.4) is 0 Å². The lowest BCUT2D eigenvalue weighted by Gasteiger charge is -1.48. The van der Waals surface area contributed by atoms with E-state index in [-0.39, 0.29) is 0 Å². The van der Waals surface area contributed by atoms with Crippen LogP contribution in [-0.4, -0.2) is 15.4 Å². The van der Waals surface area contributed by atoms with Crippen molar-refractivity contribution in [2.45, 2.75) is 0 Å². The number of hydrogen-bond donors (Lipinski definition) is 1. The molecule has 0 spiro atoms. The van der Waals surface area contributed by atoms with Gasteiger partial charge in [0, 0.05) is 28.3 Å². The maximum Gasteiger partial charge on any atom is 0.0690 e. The molecule has 1 aromatic rings. The van der Waals surface area contributed by atoms with Crippen LogP contribution in [-0.2, 0) is 0 Å². The van der Waals surface area contributed by atoms with E-state index in [2.05, 4.69) is 43.7 Å². The molecular weight excluding hydrogens is 226 g/mol. The largest absolute Gasteiger partial charge is 0.198 e. The Morgan fingerprint density at radius 1 is 1.14 bits per heavy atom. The van der Waals surface area contributed by atoms with Gasteiger partial charge in [0.05, 0.1) is 12.4 Å². The van der Waals surface area contributed by atoms with Gasteiger partial charge in [-0.1, -0.05) is 0 Å². The molecule has 0 amide bonds. The molecule has 0 fully saturated rings. The molecule has 1 N–H and O–H groups in total. The maximum atomic E-state index is 3.49. The highest BCUT2D eigenvalue weighted by molar-refractivity contribution is 9.93. The number of halogens is 2. The Morgan fingerprint density at radius 2 is 1.57 bits per heavy atom. The second kappa shape index (κ2) is 6.10. The average molecular weight is 229 g/mol. The molecule has 0 atom stereocenters. The van der Waals surface area contributed by atoms with E-state index >= 15 is 0 Å². The fraction of sp³-hybridized carbons (Fsp3) is 0. The Hall–Kier alpha value is 0.1000. The minimum absolute atomic E-state index is 1.58. The minimum atomic E-state index is 1.58. The fourth-order valence-corrected chi connectivity index (χ4v) is 0.167. The Balaban J connectivity index is 0.000000162. The second-order valence-corrected chi connectivity index (χ2v) is 0.656. The standard InChI is InChI=1S/C2H3N3.Br2/c1-2-4-5-3-1;1-2/h1-2H,(H,3,4,5);. The molecule has 1 rings (SSSR count). The van der Waals surface area contributed by atoms with Crippen LogP contribution in [0.25, 0.3) is 0 Å². The van der Waals surface area contributed by atoms with Crippen LogP contribution in [0.1, 0.15) is 0 Å². The van der Waals surface area contributed by atoms with Gasteiger partial charge in [-0.05, 0) is 0 Å². The Bertz CT molecular complexity index is 67.4. The zero-order chi connectivity index (χ0) is 5.54. The van der Waals surface area contributed by atoms with Gasteiger partial charge in [-0.2, -0.15) is 15.4 Å². The van der Waals surface area contributed by atoms with E-state index in [1.807, 2.05) is 0 Å². The van der Waals surface area contributed by atoms with Crippen LogP contribution < -0.4 is 0 Å². The Labute approximate surface area is 56.3 Å². The lowest BCUT2D eigenvalue weighted by atomic mass is 11.0. The van der Waals surface area contributed by atoms with Crippen molar-refractivity contribution >= 4 is 28.3 Å². The van der Waals surface area contributed by atoms with Gasteiger partial charge in [0.1, 0.15) is 0 Å². The minimum Gasteiger partial charge on any atom is -0.198 e. The van der Waals surface area contributed by atoms with E-state index in [1.54, 1.807) is 12.4 Å². The van der Waals surface area contributed by atoms with E-state index in [4.69, 9.17) is 0 Å². The number of hydrogen-bond acceptors (Lipinski definition) is 2. The first kappa shape index (κ1) is 7.10. The summed E-state index contributed by atoms with van der Waals surface area (Å²) in [6.45, 7) is 0. The highest BCUT2D eigenvalue weighted by atomic mass is 80.9. The summed E-state index contributed by atoms with van der Waals surface area (Å²) in [6, 6.07) is 0. The van der Waals surface area contributed by atoms with E-state index in [0.717, 1.165) is 0 Å². The van der Waals surface area contributed by atoms with Crippen LogP contribution in [0.4, 0.5) is 0 Å². The van der Waals surface area contributed by atoms with Crippen molar-refractivity contribution in [3.05, 3.63) is 12.4 Å². The summed E-state index contributed by atoms with van der Waals surface area (Å²) in [5.41, 5.74) is 0. The first-order valence-corrected chi connectivity index (χ1v) is 5.15. The number of aromatic amines is 1. The van der Waals surface area contributed by atoms with E-state index < -0.39 is 0 Å². The summed E-state index contributed by atoms with van der Waals surface area (Å²) in [5, 5.41) is 9.33. The molecule has 7 heavy (non-hydrogen) atoms. The molecule has 0 aliphatic rings. The van der Waals surface area contributed by atoms with Crippen molar-refractivity contribution in [2.75, 3.05) is 0 Å². The van der Waals surface area contributed by atoms with Crippen molar-refractivity contribution in [2.24, 2.45) is 0 Å². The molecule has 0 saturated carbocycles. The molecule has 0 saturated heterocycles. The lowest BCUT2D eigenvalue weighted by molar-refractivity contribution is 0.940. The van der Waals surface area contributed by atoms with Crippen LogP contribution >= 0.6 is 28.3 Å². The van der Waals surface area contributed by atoms with Gasteiger partial charge < -0.3 is 0 Å². The van der Waals surface area contributed by atoms with E-state index in [0.29, 0.717) is 0 Å². The molecule has 0 aliphatic carbocycles. The molecule has 40 valence electrons. The van der Waals surface area contributed by atoms with Gasteiger partial charge in [-0.25, -0.2) is 0 Å². The maximum absolute atomic E-state index is 3.49. The Kier molecular flexibility index (Phi) is 6.19. The summed E-state index contributed by atoms with van der Waals surface area (Å²) < 4.78 is 0. The van der Waals surface area contributed by atoms with Crippen molar-refractivity contribution in [1.82, 2.24) is 15.4 Å². The monoisotopic (exact) mass is 227 g/mol. The first-order chi connectivity index (χ1) is 3.50. The molecule has 5 heteroatoms. The third kappa shape index (κ3) is 3.94. The number of H-pyrrole nitrogens is 1. The van der Waals surface area contributed by atoms with Gasteiger partial charge in [-0.15, -0.1) is 0 Å². The Morgan fingerprint density at radius 3 is 1.71 bits per heavy atom. The number of nitrogens with one attached hydrogen (secondary N) is 1. The van der Waals surface area contributed by atoms with Gasteiger partial charge >= 0.3 is 0 Å². The zero-order valence-corrected chi connectivity index (χ0v) is 6.48. The topological polar surface area (TPSA) is 41.6 Å². The summed E-state index contributed by atoms with van der Waals surface area (Å²) in [5.74, 6) is 0. The quantitative estimate of drug-likeness (QED) is 0.732. The predicted molar refractivity (Wildman–Crippen MR) is 34.2 cm³/mol. The van der Waals surface area contributed by atoms with Crippen molar-refractivity contribution in [1.29, 1.82) is 0 Å². The highest BCUT2D eigenvalue weighted by Gasteiger charge is 1.57. The van der Waals surface area contributed by atoms with Crippen LogP contribution in [0.15, 0.2) is 12.4 Å². The molecule has 0 aliphatic heterocycles. The average Bonchev–Trinajstić information content (AvgIpc) is 2.23. The summed E-state index contributed by atoms with van der Waals surface area (Å²) >= 11 is 5.50. The molecular formula is C2H3Br2N3. The third-order valence-electron chi connectivity index (χ3n) is 0.331. The van der Waals surface area contributed by atoms with E-state index in [1.165, 1.54) is 0 Å². The van der Waals surface area contributed by atoms with Crippen LogP contribution in [0.2, 0.25) is 0 Å². The SMILES string of the molecule is BrBr.c1cn[nH]n1. The van der Waals surface area contributed by atoms with Crippen LogP contribution in [0, 0.1) is 0 Å². The van der Waals surface area contributed by atoms with Crippen molar-refractivity contribution in [3.8, 4) is 0 Å². The molecule has 1 heterocycles. The molecule has 0 aromatic carbocycles. The van der Waals surface area contributed by atoms with Gasteiger partial charge in [0.2, 0.25) is 0 Å². The summed E-state index contributed by atoms with van der Waals surface area (Å²) in [6.07, 6.45) is 3.17. The highest BCUT2D eigenvalue weighted by Crippen LogP contribution is 1.85. The lowest BCUT2D eigenvalue weighted by Crippen LogP contribution is -1.61. The fourth-order valence-electron chi connectivity index (χ4n) is 0.167. The second-order valence-electron chi connectivity index (χ2n) is 0.656. The summed E-state index contributed by atoms with van der Waals surface area (Å²) in [7, 11) is 0. The van der Waals surface area contributed by atoms with Crippen molar-refractivity contribution < 1.29 is 0 Å². The number of aromatic nitrogens is 3. The molecule has 0 bridgehead atoms. The molecule has 3 nitrogen and oxygen atoms in total. The zero-order valence-electron chi connectivity index (χ0n) is 3.31. The van der Waals surface area contributed by atoms with Gasteiger partial charge in [-0.3, -0.25) is 0 Å². The summed E-state index contributed by atoms with van der Waals surface area (Å²) in [4.78, 5) is 0. The van der Waals surface area contributed by atoms with E-state index in [9.17, 15) is 0 Å². The van der Waals surface area contributed by atoms with Gasteiger partial charge in [0.15, 0.2) is 0 Å².